The van der Waals surface area contributed by atoms with Gasteiger partial charge < -0.3 is 4.74 Å². The van der Waals surface area contributed by atoms with E-state index in [1.165, 1.54) is 31.2 Å². The van der Waals surface area contributed by atoms with E-state index in [2.05, 4.69) is 4.72 Å². The van der Waals surface area contributed by atoms with Crippen LogP contribution in [-0.2, 0) is 19.6 Å². The SMILES string of the molecule is CC(=O)OC(C)(C)CNS(=O)(=O)c1ccc(Cl)cc1. The van der Waals surface area contributed by atoms with Gasteiger partial charge in [-0.05, 0) is 38.1 Å². The number of carbonyl (C=O) groups is 1. The molecule has 0 radical (unpaired) electrons. The highest BCUT2D eigenvalue weighted by molar-refractivity contribution is 7.89. The number of benzene rings is 1. The van der Waals surface area contributed by atoms with Crippen molar-refractivity contribution >= 4 is 27.6 Å². The normalized spacial score (nSPS) is 12.2. The lowest BCUT2D eigenvalue weighted by molar-refractivity contribution is -0.152. The highest BCUT2D eigenvalue weighted by Gasteiger charge is 2.24. The Hall–Kier alpha value is -1.11. The number of rotatable bonds is 5. The Morgan fingerprint density at radius 1 is 1.32 bits per heavy atom. The van der Waals surface area contributed by atoms with Crippen LogP contribution >= 0.6 is 11.6 Å². The molecule has 19 heavy (non-hydrogen) atoms. The zero-order valence-electron chi connectivity index (χ0n) is 10.9. The maximum Gasteiger partial charge on any atom is 0.303 e. The minimum atomic E-state index is -3.65. The molecular weight excluding hydrogens is 290 g/mol. The average molecular weight is 306 g/mol. The van der Waals surface area contributed by atoms with Crippen LogP contribution in [0.1, 0.15) is 20.8 Å². The molecule has 1 N–H and O–H groups in total. The number of carbonyl (C=O) groups excluding carboxylic acids is 1. The molecule has 0 atom stereocenters. The quantitative estimate of drug-likeness (QED) is 0.844. The highest BCUT2D eigenvalue weighted by Crippen LogP contribution is 2.15. The van der Waals surface area contributed by atoms with Crippen LogP contribution in [0.4, 0.5) is 0 Å². The summed E-state index contributed by atoms with van der Waals surface area (Å²) in [4.78, 5) is 11.0. The van der Waals surface area contributed by atoms with E-state index in [0.717, 1.165) is 0 Å². The largest absolute Gasteiger partial charge is 0.458 e. The Balaban J connectivity index is 2.76. The van der Waals surface area contributed by atoms with Gasteiger partial charge in [0.2, 0.25) is 10.0 Å². The summed E-state index contributed by atoms with van der Waals surface area (Å²) >= 11 is 5.70. The maximum absolute atomic E-state index is 12.0. The smallest absolute Gasteiger partial charge is 0.303 e. The van der Waals surface area contributed by atoms with Crippen molar-refractivity contribution in [2.45, 2.75) is 31.3 Å². The molecule has 1 aromatic rings. The van der Waals surface area contributed by atoms with Crippen molar-refractivity contribution in [1.82, 2.24) is 4.72 Å². The average Bonchev–Trinajstić information content (AvgIpc) is 2.26. The van der Waals surface area contributed by atoms with Gasteiger partial charge in [-0.1, -0.05) is 11.6 Å². The van der Waals surface area contributed by atoms with Gasteiger partial charge in [0.1, 0.15) is 5.60 Å². The van der Waals surface area contributed by atoms with Crippen LogP contribution in [0.5, 0.6) is 0 Å². The molecule has 0 spiro atoms. The lowest BCUT2D eigenvalue weighted by Crippen LogP contribution is -2.41. The topological polar surface area (TPSA) is 72.5 Å². The Morgan fingerprint density at radius 3 is 2.32 bits per heavy atom. The van der Waals surface area contributed by atoms with Crippen LogP contribution in [0.15, 0.2) is 29.2 Å². The number of ether oxygens (including phenoxy) is 1. The van der Waals surface area contributed by atoms with Crippen molar-refractivity contribution in [3.05, 3.63) is 29.3 Å². The van der Waals surface area contributed by atoms with E-state index < -0.39 is 21.6 Å². The summed E-state index contributed by atoms with van der Waals surface area (Å²) in [7, 11) is -3.65. The molecule has 0 heterocycles. The van der Waals surface area contributed by atoms with Crippen molar-refractivity contribution in [3.8, 4) is 0 Å². The molecule has 0 aliphatic carbocycles. The molecular formula is C12H16ClNO4S. The summed E-state index contributed by atoms with van der Waals surface area (Å²) in [6.45, 7) is 4.50. The monoisotopic (exact) mass is 305 g/mol. The second-order valence-corrected chi connectivity index (χ2v) is 6.84. The number of sulfonamides is 1. The highest BCUT2D eigenvalue weighted by atomic mass is 35.5. The third-order valence-electron chi connectivity index (χ3n) is 2.23. The number of hydrogen-bond acceptors (Lipinski definition) is 4. The van der Waals surface area contributed by atoms with E-state index in [-0.39, 0.29) is 11.4 Å². The van der Waals surface area contributed by atoms with Gasteiger partial charge in [0.15, 0.2) is 0 Å². The van der Waals surface area contributed by atoms with Crippen molar-refractivity contribution in [3.63, 3.8) is 0 Å². The molecule has 7 heteroatoms. The van der Waals surface area contributed by atoms with Gasteiger partial charge >= 0.3 is 5.97 Å². The predicted octanol–water partition coefficient (Wildman–Crippen LogP) is 1.96. The molecule has 5 nitrogen and oxygen atoms in total. The van der Waals surface area contributed by atoms with E-state index in [1.807, 2.05) is 0 Å². The lowest BCUT2D eigenvalue weighted by atomic mass is 10.1. The molecule has 0 aromatic heterocycles. The Bertz CT molecular complexity index is 552. The fourth-order valence-corrected chi connectivity index (χ4v) is 2.72. The van der Waals surface area contributed by atoms with Crippen molar-refractivity contribution < 1.29 is 17.9 Å². The van der Waals surface area contributed by atoms with E-state index in [0.29, 0.717) is 5.02 Å². The summed E-state index contributed by atoms with van der Waals surface area (Å²) in [5, 5.41) is 0.458. The van der Waals surface area contributed by atoms with E-state index in [4.69, 9.17) is 16.3 Å². The summed E-state index contributed by atoms with van der Waals surface area (Å²) < 4.78 is 31.4. The fraction of sp³-hybridized carbons (Fsp3) is 0.417. The van der Waals surface area contributed by atoms with Gasteiger partial charge in [0.05, 0.1) is 11.4 Å². The Kier molecular flexibility index (Phi) is 4.95. The van der Waals surface area contributed by atoms with Crippen LogP contribution < -0.4 is 4.72 Å². The molecule has 0 fully saturated rings. The zero-order chi connectivity index (χ0) is 14.7. The van der Waals surface area contributed by atoms with Gasteiger partial charge in [-0.15, -0.1) is 0 Å². The van der Waals surface area contributed by atoms with Gasteiger partial charge in [0.25, 0.3) is 0 Å². The molecule has 0 saturated carbocycles. The van der Waals surface area contributed by atoms with Crippen molar-refractivity contribution in [2.75, 3.05) is 6.54 Å². The van der Waals surface area contributed by atoms with Crippen LogP contribution in [0.25, 0.3) is 0 Å². The van der Waals surface area contributed by atoms with Crippen LogP contribution in [0.2, 0.25) is 5.02 Å². The number of esters is 1. The van der Waals surface area contributed by atoms with E-state index in [1.54, 1.807) is 13.8 Å². The van der Waals surface area contributed by atoms with Crippen LogP contribution in [0.3, 0.4) is 0 Å². The molecule has 1 rings (SSSR count). The number of halogens is 1. The minimum Gasteiger partial charge on any atom is -0.458 e. The van der Waals surface area contributed by atoms with Gasteiger partial charge in [-0.2, -0.15) is 0 Å². The third-order valence-corrected chi connectivity index (χ3v) is 3.90. The van der Waals surface area contributed by atoms with E-state index >= 15 is 0 Å². The third kappa shape index (κ3) is 5.18. The molecule has 1 aromatic carbocycles. The van der Waals surface area contributed by atoms with Gasteiger partial charge in [-0.25, -0.2) is 13.1 Å². The number of nitrogens with one attached hydrogen (secondary N) is 1. The maximum atomic E-state index is 12.0. The van der Waals surface area contributed by atoms with Gasteiger partial charge in [-0.3, -0.25) is 4.79 Å². The first-order valence-corrected chi connectivity index (χ1v) is 7.43. The summed E-state index contributed by atoms with van der Waals surface area (Å²) in [5.41, 5.74) is -0.911. The summed E-state index contributed by atoms with van der Waals surface area (Å²) in [6, 6.07) is 5.80. The first-order chi connectivity index (χ1) is 8.62. The Labute approximate surface area is 118 Å². The van der Waals surface area contributed by atoms with Crippen LogP contribution in [-0.4, -0.2) is 26.5 Å². The molecule has 0 amide bonds. The molecule has 106 valence electrons. The lowest BCUT2D eigenvalue weighted by Gasteiger charge is -2.24. The standard InChI is InChI=1S/C12H16ClNO4S/c1-9(15)18-12(2,3)8-14-19(16,17)11-6-4-10(13)5-7-11/h4-7,14H,8H2,1-3H3. The molecule has 0 aliphatic rings. The second-order valence-electron chi connectivity index (χ2n) is 4.63. The second kappa shape index (κ2) is 5.90. The van der Waals surface area contributed by atoms with Crippen LogP contribution in [0, 0.1) is 0 Å². The van der Waals surface area contributed by atoms with Gasteiger partial charge in [0, 0.05) is 11.9 Å². The summed E-state index contributed by atoms with van der Waals surface area (Å²) in [6.07, 6.45) is 0. The number of hydrogen-bond donors (Lipinski definition) is 1. The molecule has 0 aliphatic heterocycles. The molecule has 0 unspecified atom stereocenters. The predicted molar refractivity (Wildman–Crippen MR) is 72.5 cm³/mol. The van der Waals surface area contributed by atoms with Crippen molar-refractivity contribution in [1.29, 1.82) is 0 Å². The van der Waals surface area contributed by atoms with Crippen molar-refractivity contribution in [2.24, 2.45) is 0 Å². The molecule has 0 bridgehead atoms. The fourth-order valence-electron chi connectivity index (χ4n) is 1.39. The first-order valence-electron chi connectivity index (χ1n) is 5.57. The molecule has 0 saturated heterocycles. The minimum absolute atomic E-state index is 0.0163. The zero-order valence-corrected chi connectivity index (χ0v) is 12.5. The first kappa shape index (κ1) is 15.9. The summed E-state index contributed by atoms with van der Waals surface area (Å²) in [5.74, 6) is -0.462. The van der Waals surface area contributed by atoms with E-state index in [9.17, 15) is 13.2 Å². The Morgan fingerprint density at radius 2 is 1.84 bits per heavy atom.